The van der Waals surface area contributed by atoms with Crippen molar-refractivity contribution in [2.24, 2.45) is 108 Å². The summed E-state index contributed by atoms with van der Waals surface area (Å²) < 4.78 is 85.6. The number of rotatable bonds is 33. The topological polar surface area (TPSA) is 984 Å². The molecule has 28 aliphatic rings. The summed E-state index contributed by atoms with van der Waals surface area (Å²) in [5.41, 5.74) is 45.6. The van der Waals surface area contributed by atoms with Gasteiger partial charge in [0.25, 0.3) is 0 Å². The number of nitrogens with zero attached hydrogens (tertiary/aromatic N) is 19. The molecule has 0 radical (unpaired) electrons. The van der Waals surface area contributed by atoms with Crippen molar-refractivity contribution >= 4 is 41.4 Å². The SMILES string of the molecule is NCCNC(=O)C1CN(CC2O[C@@H]3O[C@@H]4C(CN5CC(C(=O)NCCN)NN5)O[C@@H](O[C@H]5C(CN6CC(C(=O)NCCN)N=N6)O[C@@H](O[C@H]6C(CN7CC(C(=O)NCN)N=N7)O[C@@H](O[C@@H]7C(CN8CC(C(=O)NCCN)N=N8)O[C@H](O[C@@H]8C(CN9CC(C(=O)NCN)N=N9)C[C@H](O[C@@H]9C(CN%10CC(C(=O)NCCN)N=N%10)O[C@H](O[C@H]2[C@H](O)C3O)C(O)[C@H]9O)C(O)[C@H]8O)C(O)[C@H]7O)C(O)[C@H]6O)C(O)[C@H]5O)C(O)[C@H]4O)N=N1. The molecule has 0 aromatic heterocycles. The highest BCUT2D eigenvalue weighted by atomic mass is 16.8. The maximum absolute atomic E-state index is 13.5. The van der Waals surface area contributed by atoms with Crippen molar-refractivity contribution < 1.29 is 167 Å². The number of carbonyl (C=O) groups is 7. The Balaban J connectivity index is 0.825. The van der Waals surface area contributed by atoms with E-state index in [2.05, 4.69) is 110 Å². The first-order chi connectivity index (χ1) is 69.7. The van der Waals surface area contributed by atoms with E-state index < -0.39 is 350 Å². The quantitative estimate of drug-likeness (QED) is 0.0271. The number of ether oxygens (including phenoxy) is 13. The normalized spacial score (nSPS) is 41.6. The van der Waals surface area contributed by atoms with Gasteiger partial charge in [-0.1, -0.05) is 31.3 Å². The monoisotopic (exact) mass is 2080 g/mol. The Labute approximate surface area is 824 Å². The van der Waals surface area contributed by atoms with Crippen molar-refractivity contribution in [3.05, 3.63) is 0 Å². The smallest absolute Gasteiger partial charge is 0.249 e. The molecule has 27 heterocycles. The molecule has 42 atom stereocenters. The van der Waals surface area contributed by atoms with E-state index >= 15 is 0 Å². The van der Waals surface area contributed by atoms with Crippen molar-refractivity contribution in [2.75, 3.05) is 170 Å². The first-order valence-electron chi connectivity index (χ1n) is 47.8. The maximum Gasteiger partial charge on any atom is 0.249 e. The summed E-state index contributed by atoms with van der Waals surface area (Å²) in [4.78, 5) is 94.1. The molecule has 22 fully saturated rings. The van der Waals surface area contributed by atoms with Crippen molar-refractivity contribution in [1.82, 2.24) is 83.2 Å². The number of amides is 7. The Kier molecular flexibility index (Phi) is 38.2. The van der Waals surface area contributed by atoms with Crippen LogP contribution in [0.1, 0.15) is 6.42 Å². The third-order valence-electron chi connectivity index (χ3n) is 26.7. The lowest BCUT2D eigenvalue weighted by Gasteiger charge is -2.51. The van der Waals surface area contributed by atoms with Gasteiger partial charge in [0, 0.05) is 91.0 Å². The highest BCUT2D eigenvalue weighted by Crippen LogP contribution is 2.43. The van der Waals surface area contributed by atoms with Crippen molar-refractivity contribution in [3.63, 3.8) is 0 Å². The minimum absolute atomic E-state index is 0.0138. The number of aliphatic hydroxyl groups is 14. The van der Waals surface area contributed by atoms with Gasteiger partial charge in [0.1, 0.15) is 165 Å². The van der Waals surface area contributed by atoms with Crippen LogP contribution in [0.25, 0.3) is 0 Å². The lowest BCUT2D eigenvalue weighted by atomic mass is 9.79. The zero-order valence-corrected chi connectivity index (χ0v) is 78.3. The van der Waals surface area contributed by atoms with Crippen LogP contribution in [0.15, 0.2) is 62.0 Å². The van der Waals surface area contributed by atoms with Crippen LogP contribution in [-0.2, 0) is 95.1 Å². The second-order valence-corrected chi connectivity index (χ2v) is 37.0. The Morgan fingerprint density at radius 2 is 0.490 bits per heavy atom. The lowest BCUT2D eigenvalue weighted by Crippen LogP contribution is -2.69. The molecule has 27 aliphatic heterocycles. The molecule has 145 heavy (non-hydrogen) atoms. The Morgan fingerprint density at radius 3 is 0.752 bits per heavy atom. The van der Waals surface area contributed by atoms with Crippen molar-refractivity contribution in [1.29, 1.82) is 0 Å². The highest BCUT2D eigenvalue weighted by Gasteiger charge is 2.62. The summed E-state index contributed by atoms with van der Waals surface area (Å²) in [5.74, 6) is -5.74. The minimum Gasteiger partial charge on any atom is -0.388 e. The largest absolute Gasteiger partial charge is 0.388 e. The first-order valence-corrected chi connectivity index (χ1v) is 47.8. The van der Waals surface area contributed by atoms with Gasteiger partial charge < -0.3 is 210 Å². The molecule has 0 spiro atoms. The fourth-order valence-electron chi connectivity index (χ4n) is 19.1. The molecule has 1 saturated carbocycles. The van der Waals surface area contributed by atoms with Crippen LogP contribution in [0.2, 0.25) is 0 Å². The first kappa shape index (κ1) is 110. The Hall–Kier alpha value is -8.79. The van der Waals surface area contributed by atoms with Crippen molar-refractivity contribution in [3.8, 4) is 0 Å². The van der Waals surface area contributed by atoms with Crippen LogP contribution in [0.3, 0.4) is 0 Å². The van der Waals surface area contributed by atoms with Gasteiger partial charge in [-0.3, -0.25) is 63.6 Å². The molecular formula is C76H133N35O34. The molecule has 69 heteroatoms. The lowest BCUT2D eigenvalue weighted by molar-refractivity contribution is -0.394. The second kappa shape index (κ2) is 50.2. The van der Waals surface area contributed by atoms with E-state index in [1.165, 1.54) is 30.1 Å². The standard InChI is InChI=1S/C76H133N35O34/c77-1-6-84-64(126)29-14-106(99-91-29)20-37-58-45(114)51(120)72(134-37)141-60-39(22-108-16-31(93-101-108)66(128)86-8-3-79)136-74(53(122)47(60)116)143-61-40(23-109-17-32(94-102-109)67(129)87-9-4-80)137-75(55(124)48(61)117)144-62-41(24-110-18-33(95-103-110)68(130)88-10-5-81)138-76(56(125)49(62)118)145-63-42(25-111-19-35(97-104-111)70(132)90-27-83)139-73(54(123)50(63)119)142-59-38(21-107-15-30(92-100-107)65(127)85-7-2-78)135-71(52(121)46(59)115)140-57-28(11-36(133-58)43(112)44(57)113)12-105-13-34(96-98-105)69(131)89-26-82/h28-63,71-76,94,102,112-125H,1-27,77-83H2,(H,84,126)(H,85,127)(H,86,128)(H,87,129)(H,88,130)(H,89,131)(H,90,132)/t28?,29?,30?,31?,32?,33?,34?,35?,36-,37?,38?,39?,40?,41?,42?,43?,44+,45+,46+,47+,48+,49+,50+,51?,52?,53?,54?,55?,56?,57+,58+,59+,60+,61+,62-,63-,71+,72+,73-,74+,75-,76-/m0/s1. The van der Waals surface area contributed by atoms with Crippen LogP contribution < -0.4 is 88.3 Å². The molecule has 69 nitrogen and oxygen atoms in total. The van der Waals surface area contributed by atoms with E-state index in [9.17, 15) is 105 Å². The molecular weight excluding hydrogens is 1950 g/mol. The number of hydrogen-bond donors (Lipinski definition) is 30. The van der Waals surface area contributed by atoms with E-state index in [0.717, 1.165) is 5.01 Å². The predicted octanol–water partition coefficient (Wildman–Crippen LogP) is -22.1. The zero-order valence-electron chi connectivity index (χ0n) is 78.3. The Bertz CT molecular complexity index is 4490. The van der Waals surface area contributed by atoms with Crippen LogP contribution in [-0.4, -0.2) is 569 Å². The number of aliphatic hydroxyl groups excluding tert-OH is 14. The number of carbonyl (C=O) groups excluding carboxylic acids is 7. The molecule has 816 valence electrons. The van der Waals surface area contributed by atoms with E-state index in [4.69, 9.17) is 102 Å². The van der Waals surface area contributed by atoms with Crippen LogP contribution >= 0.6 is 0 Å². The second-order valence-electron chi connectivity index (χ2n) is 37.0. The summed E-state index contributed by atoms with van der Waals surface area (Å²) in [6.07, 6.45) is -72.8. The molecule has 37 N–H and O–H groups in total. The molecule has 0 aromatic rings. The van der Waals surface area contributed by atoms with Crippen LogP contribution in [0, 0.1) is 5.92 Å². The van der Waals surface area contributed by atoms with Gasteiger partial charge in [-0.25, -0.2) is 10.4 Å². The highest BCUT2D eigenvalue weighted by molar-refractivity contribution is 5.85. The molecule has 28 rings (SSSR count). The van der Waals surface area contributed by atoms with E-state index in [-0.39, 0.29) is 125 Å². The fourth-order valence-corrected chi connectivity index (χ4v) is 19.1. The third-order valence-corrected chi connectivity index (χ3v) is 26.7. The maximum atomic E-state index is 13.5. The molecule has 1 aliphatic carbocycles. The minimum atomic E-state index is -2.40. The van der Waals surface area contributed by atoms with E-state index in [1.54, 1.807) is 0 Å². The Morgan fingerprint density at radius 1 is 0.262 bits per heavy atom. The average Bonchev–Trinajstić information content (AvgIpc) is 1.61. The summed E-state index contributed by atoms with van der Waals surface area (Å²) in [7, 11) is 0. The summed E-state index contributed by atoms with van der Waals surface area (Å²) in [6, 6.07) is -8.33. The van der Waals surface area contributed by atoms with E-state index in [1.807, 2.05) is 0 Å². The van der Waals surface area contributed by atoms with Gasteiger partial charge in [0.05, 0.1) is 97.5 Å². The van der Waals surface area contributed by atoms with Gasteiger partial charge in [0.15, 0.2) is 74.0 Å². The summed E-state index contributed by atoms with van der Waals surface area (Å²) in [5, 5.41) is 255. The summed E-state index contributed by atoms with van der Waals surface area (Å²) in [6.45, 7) is -6.40. The number of nitrogens with one attached hydrogen (secondary N) is 9. The molecule has 0 aromatic carbocycles. The number of nitrogens with two attached hydrogens (primary N) is 7. The number of hydrogen-bond acceptors (Lipinski definition) is 62. The predicted molar refractivity (Wildman–Crippen MR) is 470 cm³/mol. The molecule has 14 bridgehead atoms. The summed E-state index contributed by atoms with van der Waals surface area (Å²) >= 11 is 0. The van der Waals surface area contributed by atoms with Gasteiger partial charge >= 0.3 is 0 Å². The molecule has 7 amide bonds. The number of hydrazine groups is 2. The molecule has 21 saturated heterocycles. The average molecular weight is 2080 g/mol. The van der Waals surface area contributed by atoms with Gasteiger partial charge in [-0.05, 0) is 6.42 Å². The zero-order chi connectivity index (χ0) is 103. The van der Waals surface area contributed by atoms with Crippen LogP contribution in [0.5, 0.6) is 0 Å². The van der Waals surface area contributed by atoms with Crippen LogP contribution in [0.4, 0.5) is 0 Å². The van der Waals surface area contributed by atoms with E-state index in [0.29, 0.717) is 0 Å². The molecule has 21 unspecified atom stereocenters. The van der Waals surface area contributed by atoms with Gasteiger partial charge in [-0.15, -0.1) is 0 Å². The van der Waals surface area contributed by atoms with Gasteiger partial charge in [-0.2, -0.15) is 36.2 Å². The third kappa shape index (κ3) is 25.9. The van der Waals surface area contributed by atoms with Crippen molar-refractivity contribution in [2.45, 2.75) is 257 Å². The van der Waals surface area contributed by atoms with Gasteiger partial charge in [0.2, 0.25) is 41.4 Å². The fraction of sp³-hybridized carbons (Fsp3) is 0.908.